The highest BCUT2D eigenvalue weighted by Crippen LogP contribution is 2.16. The Morgan fingerprint density at radius 1 is 1.07 bits per heavy atom. The lowest BCUT2D eigenvalue weighted by molar-refractivity contribution is -0.130. The van der Waals surface area contributed by atoms with Crippen molar-refractivity contribution in [3.8, 4) is 5.75 Å². The fraction of sp³-hybridized carbons (Fsp3) is 0.250. The zero-order chi connectivity index (χ0) is 19.9. The van der Waals surface area contributed by atoms with E-state index in [1.807, 2.05) is 13.8 Å². The van der Waals surface area contributed by atoms with E-state index >= 15 is 0 Å². The van der Waals surface area contributed by atoms with Crippen molar-refractivity contribution in [2.45, 2.75) is 32.2 Å². The van der Waals surface area contributed by atoms with Crippen LogP contribution in [-0.2, 0) is 16.0 Å². The molecule has 0 heterocycles. The monoisotopic (exact) mass is 371 g/mol. The fourth-order valence-electron chi connectivity index (χ4n) is 2.50. The average molecular weight is 371 g/mol. The number of amides is 2. The summed E-state index contributed by atoms with van der Waals surface area (Å²) in [6.07, 6.45) is 1.55. The number of carbonyl (C=O) groups is 2. The molecule has 6 nitrogen and oxygen atoms in total. The van der Waals surface area contributed by atoms with Crippen LogP contribution in [0.1, 0.15) is 31.4 Å². The Morgan fingerprint density at radius 2 is 1.70 bits per heavy atom. The Hall–Kier alpha value is -3.22. The fourth-order valence-corrected chi connectivity index (χ4v) is 2.50. The molecule has 0 saturated carbocycles. The van der Waals surface area contributed by atoms with E-state index < -0.39 is 17.4 Å². The van der Waals surface area contributed by atoms with Gasteiger partial charge in [-0.05, 0) is 55.7 Å². The van der Waals surface area contributed by atoms with E-state index in [-0.39, 0.29) is 18.0 Å². The van der Waals surface area contributed by atoms with Crippen LogP contribution in [0.4, 0.5) is 4.39 Å². The molecule has 3 N–H and O–H groups in total. The molecule has 0 aliphatic heterocycles. The minimum Gasteiger partial charge on any atom is -0.508 e. The number of nitrogens with zero attached hydrogens (tertiary/aromatic N) is 1. The molecule has 0 aliphatic carbocycles. The first kappa shape index (κ1) is 20.1. The van der Waals surface area contributed by atoms with Gasteiger partial charge in [-0.15, -0.1) is 0 Å². The smallest absolute Gasteiger partial charge is 0.249 e. The van der Waals surface area contributed by atoms with Crippen LogP contribution in [0.5, 0.6) is 5.75 Å². The molecule has 0 aliphatic rings. The summed E-state index contributed by atoms with van der Waals surface area (Å²) >= 11 is 0. The second-order valence-electron chi connectivity index (χ2n) is 6.80. The van der Waals surface area contributed by atoms with Crippen LogP contribution in [0, 0.1) is 5.82 Å². The van der Waals surface area contributed by atoms with E-state index in [1.54, 1.807) is 24.3 Å². The maximum atomic E-state index is 12.8. The lowest BCUT2D eigenvalue weighted by Gasteiger charge is -2.26. The predicted octanol–water partition coefficient (Wildman–Crippen LogP) is 2.51. The van der Waals surface area contributed by atoms with Crippen molar-refractivity contribution in [2.24, 2.45) is 5.10 Å². The van der Waals surface area contributed by atoms with Gasteiger partial charge in [-0.1, -0.05) is 24.3 Å². The SMILES string of the molecule is CC(C)(Cc1ccc(O)cc1)NC(=O)CC(=O)N/N=C/c1ccc(F)cc1. The van der Waals surface area contributed by atoms with Gasteiger partial charge in [0.05, 0.1) is 6.21 Å². The van der Waals surface area contributed by atoms with Crippen LogP contribution in [0.15, 0.2) is 53.6 Å². The molecule has 0 spiro atoms. The summed E-state index contributed by atoms with van der Waals surface area (Å²) in [5.74, 6) is -1.15. The first-order chi connectivity index (χ1) is 12.7. The van der Waals surface area contributed by atoms with Crippen LogP contribution < -0.4 is 10.7 Å². The van der Waals surface area contributed by atoms with Crippen molar-refractivity contribution >= 4 is 18.0 Å². The lowest BCUT2D eigenvalue weighted by Crippen LogP contribution is -2.46. The number of phenolic OH excluding ortho intramolecular Hbond substituents is 1. The molecule has 0 fully saturated rings. The van der Waals surface area contributed by atoms with Crippen LogP contribution in [0.25, 0.3) is 0 Å². The van der Waals surface area contributed by atoms with Crippen LogP contribution in [0.2, 0.25) is 0 Å². The van der Waals surface area contributed by atoms with Gasteiger partial charge < -0.3 is 10.4 Å². The van der Waals surface area contributed by atoms with Crippen molar-refractivity contribution in [1.29, 1.82) is 0 Å². The Labute approximate surface area is 157 Å². The summed E-state index contributed by atoms with van der Waals surface area (Å²) < 4.78 is 12.8. The van der Waals surface area contributed by atoms with E-state index in [4.69, 9.17) is 0 Å². The molecule has 2 amide bonds. The first-order valence-corrected chi connectivity index (χ1v) is 8.40. The maximum Gasteiger partial charge on any atom is 0.249 e. The Bertz CT molecular complexity index is 815. The minimum atomic E-state index is -0.564. The normalized spacial score (nSPS) is 11.4. The number of nitrogens with one attached hydrogen (secondary N) is 2. The third kappa shape index (κ3) is 7.27. The molecule has 142 valence electrons. The standard InChI is InChI=1S/C20H22FN3O3/c1-20(2,12-14-5-9-17(25)10-6-14)23-18(26)11-19(27)24-22-13-15-3-7-16(21)8-4-15/h3-10,13,25H,11-12H2,1-2H3,(H,23,26)(H,24,27)/b22-13+. The zero-order valence-electron chi connectivity index (χ0n) is 15.2. The number of hydrogen-bond donors (Lipinski definition) is 3. The molecule has 0 saturated heterocycles. The number of halogens is 1. The van der Waals surface area contributed by atoms with Crippen LogP contribution in [0.3, 0.4) is 0 Å². The zero-order valence-corrected chi connectivity index (χ0v) is 15.2. The number of rotatable bonds is 7. The predicted molar refractivity (Wildman–Crippen MR) is 101 cm³/mol. The molecule has 0 aromatic heterocycles. The topological polar surface area (TPSA) is 90.8 Å². The first-order valence-electron chi connectivity index (χ1n) is 8.40. The molecule has 0 unspecified atom stereocenters. The van der Waals surface area contributed by atoms with Crippen molar-refractivity contribution in [2.75, 3.05) is 0 Å². The summed E-state index contributed by atoms with van der Waals surface area (Å²) in [7, 11) is 0. The number of phenols is 1. The van der Waals surface area contributed by atoms with Gasteiger partial charge in [0.2, 0.25) is 11.8 Å². The molecule has 0 radical (unpaired) electrons. The second-order valence-corrected chi connectivity index (χ2v) is 6.80. The van der Waals surface area contributed by atoms with Crippen LogP contribution >= 0.6 is 0 Å². The summed E-state index contributed by atoms with van der Waals surface area (Å²) in [6, 6.07) is 12.3. The molecule has 2 rings (SSSR count). The van der Waals surface area contributed by atoms with Crippen molar-refractivity contribution < 1.29 is 19.1 Å². The van der Waals surface area contributed by atoms with Gasteiger partial charge in [0, 0.05) is 5.54 Å². The van der Waals surface area contributed by atoms with Gasteiger partial charge in [-0.3, -0.25) is 9.59 Å². The van der Waals surface area contributed by atoms with Gasteiger partial charge in [0.1, 0.15) is 18.0 Å². The summed E-state index contributed by atoms with van der Waals surface area (Å²) in [6.45, 7) is 3.70. The van der Waals surface area contributed by atoms with E-state index in [0.29, 0.717) is 12.0 Å². The second kappa shape index (κ2) is 8.93. The van der Waals surface area contributed by atoms with E-state index in [2.05, 4.69) is 15.8 Å². The lowest BCUT2D eigenvalue weighted by atomic mass is 9.94. The molecule has 0 bridgehead atoms. The average Bonchev–Trinajstić information content (AvgIpc) is 2.58. The van der Waals surface area contributed by atoms with E-state index in [0.717, 1.165) is 5.56 Å². The number of benzene rings is 2. The largest absolute Gasteiger partial charge is 0.508 e. The van der Waals surface area contributed by atoms with Gasteiger partial charge in [0.25, 0.3) is 0 Å². The number of hydrogen-bond acceptors (Lipinski definition) is 4. The Morgan fingerprint density at radius 3 is 2.33 bits per heavy atom. The van der Waals surface area contributed by atoms with Crippen molar-refractivity contribution in [3.63, 3.8) is 0 Å². The molecule has 2 aromatic rings. The summed E-state index contributed by atoms with van der Waals surface area (Å²) in [4.78, 5) is 23.9. The van der Waals surface area contributed by atoms with Gasteiger partial charge in [-0.25, -0.2) is 9.82 Å². The van der Waals surface area contributed by atoms with Gasteiger partial charge in [0.15, 0.2) is 0 Å². The third-order valence-electron chi connectivity index (χ3n) is 3.65. The molecule has 7 heteroatoms. The third-order valence-corrected chi connectivity index (χ3v) is 3.65. The number of aromatic hydroxyl groups is 1. The molecular formula is C20H22FN3O3. The minimum absolute atomic E-state index is 0.179. The molecule has 27 heavy (non-hydrogen) atoms. The molecular weight excluding hydrogens is 349 g/mol. The Kier molecular flexibility index (Phi) is 6.65. The highest BCUT2D eigenvalue weighted by molar-refractivity contribution is 5.97. The molecule has 2 aromatic carbocycles. The number of hydrazone groups is 1. The van der Waals surface area contributed by atoms with Crippen LogP contribution in [-0.4, -0.2) is 28.7 Å². The highest BCUT2D eigenvalue weighted by Gasteiger charge is 2.22. The maximum absolute atomic E-state index is 12.8. The summed E-state index contributed by atoms with van der Waals surface area (Å²) in [5.41, 5.74) is 3.27. The summed E-state index contributed by atoms with van der Waals surface area (Å²) in [5, 5.41) is 15.9. The van der Waals surface area contributed by atoms with Gasteiger partial charge >= 0.3 is 0 Å². The molecule has 0 atom stereocenters. The Balaban J connectivity index is 1.80. The van der Waals surface area contributed by atoms with Gasteiger partial charge in [-0.2, -0.15) is 5.10 Å². The number of carbonyl (C=O) groups excluding carboxylic acids is 2. The van der Waals surface area contributed by atoms with Crippen molar-refractivity contribution in [1.82, 2.24) is 10.7 Å². The van der Waals surface area contributed by atoms with E-state index in [9.17, 15) is 19.1 Å². The van der Waals surface area contributed by atoms with Crippen molar-refractivity contribution in [3.05, 3.63) is 65.5 Å². The highest BCUT2D eigenvalue weighted by atomic mass is 19.1. The quantitative estimate of drug-likeness (QED) is 0.397. The van der Waals surface area contributed by atoms with E-state index in [1.165, 1.54) is 30.5 Å².